The first kappa shape index (κ1) is 11.4. The summed E-state index contributed by atoms with van der Waals surface area (Å²) in [6.45, 7) is 2.99. The SMILES string of the molecule is CCNC(=O)CN1Cc2ccc(N)cc2C1=O. The minimum absolute atomic E-state index is 0.0985. The van der Waals surface area contributed by atoms with Gasteiger partial charge < -0.3 is 16.0 Å². The van der Waals surface area contributed by atoms with Gasteiger partial charge in [0.25, 0.3) is 5.91 Å². The lowest BCUT2D eigenvalue weighted by atomic mass is 10.1. The molecule has 0 unspecified atom stereocenters. The Morgan fingerprint density at radius 1 is 1.53 bits per heavy atom. The molecule has 0 fully saturated rings. The van der Waals surface area contributed by atoms with Gasteiger partial charge in [0, 0.05) is 24.3 Å². The van der Waals surface area contributed by atoms with Gasteiger partial charge in [-0.2, -0.15) is 0 Å². The van der Waals surface area contributed by atoms with Crippen LogP contribution in [0.4, 0.5) is 5.69 Å². The van der Waals surface area contributed by atoms with Crippen molar-refractivity contribution >= 4 is 17.5 Å². The largest absolute Gasteiger partial charge is 0.399 e. The van der Waals surface area contributed by atoms with Crippen molar-refractivity contribution in [3.05, 3.63) is 29.3 Å². The summed E-state index contributed by atoms with van der Waals surface area (Å²) < 4.78 is 0. The van der Waals surface area contributed by atoms with E-state index in [-0.39, 0.29) is 18.4 Å². The number of likely N-dealkylation sites (N-methyl/N-ethyl adjacent to an activating group) is 1. The molecule has 0 atom stereocenters. The predicted octanol–water partition coefficient (Wildman–Crippen LogP) is 0.361. The van der Waals surface area contributed by atoms with Gasteiger partial charge in [-0.25, -0.2) is 0 Å². The normalized spacial score (nSPS) is 13.7. The maximum Gasteiger partial charge on any atom is 0.255 e. The van der Waals surface area contributed by atoms with Crippen LogP contribution in [0.25, 0.3) is 0 Å². The van der Waals surface area contributed by atoms with Crippen LogP contribution in [-0.2, 0) is 11.3 Å². The van der Waals surface area contributed by atoms with Gasteiger partial charge in [0.2, 0.25) is 5.91 Å². The van der Waals surface area contributed by atoms with E-state index in [1.807, 2.05) is 13.0 Å². The minimum Gasteiger partial charge on any atom is -0.399 e. The van der Waals surface area contributed by atoms with E-state index in [0.29, 0.717) is 24.3 Å². The highest BCUT2D eigenvalue weighted by atomic mass is 16.2. The molecule has 1 aromatic rings. The van der Waals surface area contributed by atoms with E-state index in [1.165, 1.54) is 4.90 Å². The third-order valence-corrected chi connectivity index (χ3v) is 2.72. The van der Waals surface area contributed by atoms with E-state index in [0.717, 1.165) is 5.56 Å². The Hall–Kier alpha value is -2.04. The van der Waals surface area contributed by atoms with Gasteiger partial charge in [0.05, 0.1) is 0 Å². The van der Waals surface area contributed by atoms with Crippen LogP contribution < -0.4 is 11.1 Å². The molecule has 0 aliphatic carbocycles. The molecule has 1 heterocycles. The first-order valence-corrected chi connectivity index (χ1v) is 5.56. The molecular formula is C12H15N3O2. The number of nitrogens with one attached hydrogen (secondary N) is 1. The van der Waals surface area contributed by atoms with Crippen molar-refractivity contribution in [1.29, 1.82) is 0 Å². The molecule has 0 radical (unpaired) electrons. The third-order valence-electron chi connectivity index (χ3n) is 2.72. The van der Waals surface area contributed by atoms with Crippen LogP contribution >= 0.6 is 0 Å². The summed E-state index contributed by atoms with van der Waals surface area (Å²) in [7, 11) is 0. The second-order valence-electron chi connectivity index (χ2n) is 4.03. The molecule has 2 amide bonds. The molecule has 5 heteroatoms. The van der Waals surface area contributed by atoms with E-state index < -0.39 is 0 Å². The monoisotopic (exact) mass is 233 g/mol. The molecule has 1 aliphatic rings. The number of carbonyl (C=O) groups excluding carboxylic acids is 2. The molecule has 17 heavy (non-hydrogen) atoms. The van der Waals surface area contributed by atoms with Crippen molar-refractivity contribution in [1.82, 2.24) is 10.2 Å². The number of hydrogen-bond acceptors (Lipinski definition) is 3. The average molecular weight is 233 g/mol. The lowest BCUT2D eigenvalue weighted by Gasteiger charge is -2.14. The highest BCUT2D eigenvalue weighted by molar-refractivity contribution is 6.00. The summed E-state index contributed by atoms with van der Waals surface area (Å²) in [5, 5.41) is 2.67. The molecule has 3 N–H and O–H groups in total. The first-order chi connectivity index (χ1) is 8.11. The summed E-state index contributed by atoms with van der Waals surface area (Å²) in [4.78, 5) is 24.9. The number of benzene rings is 1. The van der Waals surface area contributed by atoms with E-state index in [1.54, 1.807) is 12.1 Å². The van der Waals surface area contributed by atoms with E-state index in [2.05, 4.69) is 5.32 Å². The zero-order chi connectivity index (χ0) is 12.4. The van der Waals surface area contributed by atoms with Gasteiger partial charge in [-0.05, 0) is 24.6 Å². The highest BCUT2D eigenvalue weighted by Crippen LogP contribution is 2.24. The number of hydrogen-bond donors (Lipinski definition) is 2. The fraction of sp³-hybridized carbons (Fsp3) is 0.333. The molecule has 1 aromatic carbocycles. The number of amides is 2. The Morgan fingerprint density at radius 2 is 2.29 bits per heavy atom. The van der Waals surface area contributed by atoms with Gasteiger partial charge in [-0.3, -0.25) is 9.59 Å². The summed E-state index contributed by atoms with van der Waals surface area (Å²) in [5.41, 5.74) is 7.73. The number of fused-ring (bicyclic) bond motifs is 1. The predicted molar refractivity (Wildman–Crippen MR) is 64.3 cm³/mol. The number of rotatable bonds is 3. The topological polar surface area (TPSA) is 75.4 Å². The van der Waals surface area contributed by atoms with Crippen LogP contribution in [0, 0.1) is 0 Å². The third kappa shape index (κ3) is 2.22. The van der Waals surface area contributed by atoms with Crippen molar-refractivity contribution in [2.45, 2.75) is 13.5 Å². The van der Waals surface area contributed by atoms with E-state index in [4.69, 9.17) is 5.73 Å². The molecule has 1 aliphatic heterocycles. The fourth-order valence-corrected chi connectivity index (χ4v) is 1.93. The lowest BCUT2D eigenvalue weighted by molar-refractivity contribution is -0.121. The average Bonchev–Trinajstić information content (AvgIpc) is 2.57. The van der Waals surface area contributed by atoms with Crippen molar-refractivity contribution in [2.24, 2.45) is 0 Å². The summed E-state index contributed by atoms with van der Waals surface area (Å²) >= 11 is 0. The Balaban J connectivity index is 2.12. The van der Waals surface area contributed by atoms with Crippen LogP contribution in [0.3, 0.4) is 0 Å². The van der Waals surface area contributed by atoms with Crippen molar-refractivity contribution in [3.63, 3.8) is 0 Å². The maximum absolute atomic E-state index is 12.0. The van der Waals surface area contributed by atoms with Crippen molar-refractivity contribution in [2.75, 3.05) is 18.8 Å². The Bertz CT molecular complexity index is 471. The molecule has 5 nitrogen and oxygen atoms in total. The summed E-state index contributed by atoms with van der Waals surface area (Å²) in [6.07, 6.45) is 0. The zero-order valence-electron chi connectivity index (χ0n) is 9.69. The highest BCUT2D eigenvalue weighted by Gasteiger charge is 2.28. The van der Waals surface area contributed by atoms with Gasteiger partial charge in [0.15, 0.2) is 0 Å². The molecular weight excluding hydrogens is 218 g/mol. The molecule has 0 saturated heterocycles. The number of nitrogens with two attached hydrogens (primary N) is 1. The standard InChI is InChI=1S/C12H15N3O2/c1-2-14-11(16)7-15-6-8-3-4-9(13)5-10(8)12(15)17/h3-5H,2,6-7,13H2,1H3,(H,14,16). The van der Waals surface area contributed by atoms with Crippen molar-refractivity contribution < 1.29 is 9.59 Å². The second-order valence-corrected chi connectivity index (χ2v) is 4.03. The number of nitrogens with zero attached hydrogens (tertiary/aromatic N) is 1. The van der Waals surface area contributed by atoms with Gasteiger partial charge in [-0.1, -0.05) is 6.07 Å². The smallest absolute Gasteiger partial charge is 0.255 e. The van der Waals surface area contributed by atoms with E-state index >= 15 is 0 Å². The maximum atomic E-state index is 12.0. The molecule has 0 spiro atoms. The number of anilines is 1. The lowest BCUT2D eigenvalue weighted by Crippen LogP contribution is -2.37. The summed E-state index contributed by atoms with van der Waals surface area (Å²) in [6, 6.07) is 5.26. The number of carbonyl (C=O) groups is 2. The molecule has 0 aromatic heterocycles. The van der Waals surface area contributed by atoms with Crippen LogP contribution in [-0.4, -0.2) is 29.8 Å². The van der Waals surface area contributed by atoms with Gasteiger partial charge in [-0.15, -0.1) is 0 Å². The Kier molecular flexibility index (Phi) is 2.99. The quantitative estimate of drug-likeness (QED) is 0.740. The van der Waals surface area contributed by atoms with E-state index in [9.17, 15) is 9.59 Å². The van der Waals surface area contributed by atoms with Crippen LogP contribution in [0.2, 0.25) is 0 Å². The summed E-state index contributed by atoms with van der Waals surface area (Å²) in [5.74, 6) is -0.264. The van der Waals surface area contributed by atoms with Gasteiger partial charge >= 0.3 is 0 Å². The molecule has 2 rings (SSSR count). The van der Waals surface area contributed by atoms with Gasteiger partial charge in [0.1, 0.15) is 6.54 Å². The minimum atomic E-state index is -0.137. The Morgan fingerprint density at radius 3 is 3.00 bits per heavy atom. The molecule has 0 bridgehead atoms. The number of nitrogen functional groups attached to an aromatic ring is 1. The Labute approximate surface area is 99.6 Å². The molecule has 0 saturated carbocycles. The first-order valence-electron chi connectivity index (χ1n) is 5.56. The van der Waals surface area contributed by atoms with Crippen LogP contribution in [0.5, 0.6) is 0 Å². The second kappa shape index (κ2) is 4.45. The van der Waals surface area contributed by atoms with Crippen molar-refractivity contribution in [3.8, 4) is 0 Å². The zero-order valence-corrected chi connectivity index (χ0v) is 9.69. The van der Waals surface area contributed by atoms with Crippen LogP contribution in [0.15, 0.2) is 18.2 Å². The molecule has 90 valence electrons. The van der Waals surface area contributed by atoms with Crippen LogP contribution in [0.1, 0.15) is 22.8 Å². The fourth-order valence-electron chi connectivity index (χ4n) is 1.93.